The summed E-state index contributed by atoms with van der Waals surface area (Å²) in [6.45, 7) is 0. The van der Waals surface area contributed by atoms with Crippen molar-refractivity contribution >= 4 is 23.5 Å². The Balaban J connectivity index is 1.94. The molecule has 0 aliphatic carbocycles. The SMILES string of the molecule is O=C(O)C(Cc1cccc([N+](=O)[O-])c1)N1C(=O)c2ccccc2C1=O. The van der Waals surface area contributed by atoms with E-state index in [9.17, 15) is 29.6 Å². The van der Waals surface area contributed by atoms with Crippen molar-refractivity contribution < 1.29 is 24.4 Å². The Kier molecular flexibility index (Phi) is 4.02. The first-order valence-electron chi connectivity index (χ1n) is 7.33. The van der Waals surface area contributed by atoms with Crippen LogP contribution in [0.15, 0.2) is 48.5 Å². The number of nitrogens with zero attached hydrogens (tertiary/aromatic N) is 2. The molecule has 3 rings (SSSR count). The van der Waals surface area contributed by atoms with E-state index in [2.05, 4.69) is 0 Å². The Hall–Kier alpha value is -3.55. The van der Waals surface area contributed by atoms with E-state index in [4.69, 9.17) is 0 Å². The van der Waals surface area contributed by atoms with Crippen LogP contribution in [-0.2, 0) is 11.2 Å². The number of aliphatic carboxylic acids is 1. The molecule has 1 N–H and O–H groups in total. The summed E-state index contributed by atoms with van der Waals surface area (Å²) in [4.78, 5) is 47.5. The van der Waals surface area contributed by atoms with Crippen molar-refractivity contribution in [2.45, 2.75) is 12.5 Å². The monoisotopic (exact) mass is 340 g/mol. The zero-order chi connectivity index (χ0) is 18.1. The van der Waals surface area contributed by atoms with Gasteiger partial charge in [-0.2, -0.15) is 0 Å². The second-order valence-corrected chi connectivity index (χ2v) is 5.51. The fourth-order valence-electron chi connectivity index (χ4n) is 2.80. The van der Waals surface area contributed by atoms with Crippen LogP contribution in [0.5, 0.6) is 0 Å². The summed E-state index contributed by atoms with van der Waals surface area (Å²) in [6, 6.07) is 10.1. The highest BCUT2D eigenvalue weighted by molar-refractivity contribution is 6.22. The molecule has 2 aromatic carbocycles. The van der Waals surface area contributed by atoms with E-state index in [1.165, 1.54) is 36.4 Å². The van der Waals surface area contributed by atoms with E-state index in [1.807, 2.05) is 0 Å². The number of fused-ring (bicyclic) bond motifs is 1. The predicted octanol–water partition coefficient (Wildman–Crippen LogP) is 1.89. The van der Waals surface area contributed by atoms with Gasteiger partial charge in [-0.3, -0.25) is 24.6 Å². The summed E-state index contributed by atoms with van der Waals surface area (Å²) in [7, 11) is 0. The van der Waals surface area contributed by atoms with Gasteiger partial charge in [0.05, 0.1) is 16.1 Å². The number of benzene rings is 2. The maximum atomic E-state index is 12.5. The zero-order valence-corrected chi connectivity index (χ0v) is 12.8. The number of non-ortho nitro benzene ring substituents is 1. The molecule has 0 aromatic heterocycles. The van der Waals surface area contributed by atoms with Gasteiger partial charge in [0.15, 0.2) is 0 Å². The van der Waals surface area contributed by atoms with E-state index in [1.54, 1.807) is 12.1 Å². The molecule has 0 bridgehead atoms. The summed E-state index contributed by atoms with van der Waals surface area (Å²) in [5, 5.41) is 20.4. The minimum absolute atomic E-state index is 0.151. The van der Waals surface area contributed by atoms with Crippen molar-refractivity contribution in [3.8, 4) is 0 Å². The lowest BCUT2D eigenvalue weighted by Gasteiger charge is -2.22. The number of amides is 2. The average Bonchev–Trinajstić information content (AvgIpc) is 2.84. The smallest absolute Gasteiger partial charge is 0.327 e. The molecule has 2 aromatic rings. The van der Waals surface area contributed by atoms with Crippen molar-refractivity contribution in [1.82, 2.24) is 4.90 Å². The molecular formula is C17H12N2O6. The summed E-state index contributed by atoms with van der Waals surface area (Å²) in [5.41, 5.74) is 0.456. The fourth-order valence-corrected chi connectivity index (χ4v) is 2.80. The Labute approximate surface area is 141 Å². The molecule has 0 saturated heterocycles. The van der Waals surface area contributed by atoms with Gasteiger partial charge < -0.3 is 5.11 Å². The van der Waals surface area contributed by atoms with Gasteiger partial charge in [-0.05, 0) is 17.7 Å². The van der Waals surface area contributed by atoms with Crippen molar-refractivity contribution in [1.29, 1.82) is 0 Å². The van der Waals surface area contributed by atoms with Gasteiger partial charge in [0.25, 0.3) is 17.5 Å². The number of nitro groups is 1. The minimum atomic E-state index is -1.45. The highest BCUT2D eigenvalue weighted by atomic mass is 16.6. The third kappa shape index (κ3) is 2.85. The maximum Gasteiger partial charge on any atom is 0.327 e. The molecule has 8 heteroatoms. The van der Waals surface area contributed by atoms with Crippen LogP contribution in [0, 0.1) is 10.1 Å². The van der Waals surface area contributed by atoms with Crippen molar-refractivity contribution in [2.75, 3.05) is 0 Å². The Morgan fingerprint density at radius 3 is 2.20 bits per heavy atom. The molecule has 25 heavy (non-hydrogen) atoms. The molecule has 1 unspecified atom stereocenters. The molecule has 0 saturated carbocycles. The molecule has 126 valence electrons. The van der Waals surface area contributed by atoms with Gasteiger partial charge in [-0.1, -0.05) is 24.3 Å². The van der Waals surface area contributed by atoms with E-state index in [-0.39, 0.29) is 23.2 Å². The largest absolute Gasteiger partial charge is 0.480 e. The standard InChI is InChI=1S/C17H12N2O6/c20-15-12-6-1-2-7-13(12)16(21)18(15)14(17(22)23)9-10-4-3-5-11(8-10)19(24)25/h1-8,14H,9H2,(H,22,23). The second-order valence-electron chi connectivity index (χ2n) is 5.51. The van der Waals surface area contributed by atoms with E-state index >= 15 is 0 Å². The van der Waals surface area contributed by atoms with Gasteiger partial charge in [0.1, 0.15) is 6.04 Å². The number of imide groups is 1. The number of hydrogen-bond donors (Lipinski definition) is 1. The molecule has 0 radical (unpaired) electrons. The first-order chi connectivity index (χ1) is 11.9. The zero-order valence-electron chi connectivity index (χ0n) is 12.8. The van der Waals surface area contributed by atoms with Crippen LogP contribution in [0.3, 0.4) is 0 Å². The number of carbonyl (C=O) groups excluding carboxylic acids is 2. The summed E-state index contributed by atoms with van der Waals surface area (Å²) in [6.07, 6.45) is -0.220. The number of nitro benzene ring substituents is 1. The van der Waals surface area contributed by atoms with Gasteiger partial charge in [0, 0.05) is 18.6 Å². The van der Waals surface area contributed by atoms with E-state index < -0.39 is 28.7 Å². The molecule has 1 aliphatic rings. The first-order valence-corrected chi connectivity index (χ1v) is 7.33. The van der Waals surface area contributed by atoms with Crippen LogP contribution in [0.4, 0.5) is 5.69 Å². The van der Waals surface area contributed by atoms with Crippen LogP contribution < -0.4 is 0 Å². The molecular weight excluding hydrogens is 328 g/mol. The minimum Gasteiger partial charge on any atom is -0.480 e. The summed E-state index contributed by atoms with van der Waals surface area (Å²) in [5.74, 6) is -2.72. The van der Waals surface area contributed by atoms with Crippen molar-refractivity contribution in [2.24, 2.45) is 0 Å². The number of carboxylic acid groups (broad SMARTS) is 1. The number of carboxylic acids is 1. The third-order valence-corrected chi connectivity index (χ3v) is 3.97. The molecule has 1 atom stereocenters. The molecule has 8 nitrogen and oxygen atoms in total. The average molecular weight is 340 g/mol. The quantitative estimate of drug-likeness (QED) is 0.504. The highest BCUT2D eigenvalue weighted by Crippen LogP contribution is 2.26. The Morgan fingerprint density at radius 1 is 1.08 bits per heavy atom. The van der Waals surface area contributed by atoms with Crippen LogP contribution in [-0.4, -0.2) is 38.8 Å². The van der Waals surface area contributed by atoms with E-state index in [0.717, 1.165) is 0 Å². The van der Waals surface area contributed by atoms with Crippen LogP contribution in [0.1, 0.15) is 26.3 Å². The predicted molar refractivity (Wildman–Crippen MR) is 85.2 cm³/mol. The first kappa shape index (κ1) is 16.3. The normalized spacial score (nSPS) is 14.3. The molecule has 1 aliphatic heterocycles. The second kappa shape index (κ2) is 6.16. The molecule has 0 fully saturated rings. The molecule has 2 amide bonds. The topological polar surface area (TPSA) is 118 Å². The third-order valence-electron chi connectivity index (χ3n) is 3.97. The summed E-state index contributed by atoms with van der Waals surface area (Å²) < 4.78 is 0. The van der Waals surface area contributed by atoms with E-state index in [0.29, 0.717) is 10.5 Å². The lowest BCUT2D eigenvalue weighted by molar-refractivity contribution is -0.384. The fraction of sp³-hybridized carbons (Fsp3) is 0.118. The number of hydrogen-bond acceptors (Lipinski definition) is 5. The lowest BCUT2D eigenvalue weighted by Crippen LogP contribution is -2.46. The van der Waals surface area contributed by atoms with Crippen molar-refractivity contribution in [3.05, 3.63) is 75.3 Å². The van der Waals surface area contributed by atoms with Gasteiger partial charge in [-0.25, -0.2) is 4.79 Å². The lowest BCUT2D eigenvalue weighted by atomic mass is 10.0. The van der Waals surface area contributed by atoms with Gasteiger partial charge in [0.2, 0.25) is 0 Å². The summed E-state index contributed by atoms with van der Waals surface area (Å²) >= 11 is 0. The highest BCUT2D eigenvalue weighted by Gasteiger charge is 2.42. The maximum absolute atomic E-state index is 12.5. The number of carbonyl (C=O) groups is 3. The molecule has 1 heterocycles. The number of rotatable bonds is 5. The van der Waals surface area contributed by atoms with Crippen molar-refractivity contribution in [3.63, 3.8) is 0 Å². The van der Waals surface area contributed by atoms with Crippen LogP contribution >= 0.6 is 0 Å². The van der Waals surface area contributed by atoms with Gasteiger partial charge >= 0.3 is 5.97 Å². The van der Waals surface area contributed by atoms with Crippen LogP contribution in [0.2, 0.25) is 0 Å². The van der Waals surface area contributed by atoms with Gasteiger partial charge in [-0.15, -0.1) is 0 Å². The Bertz CT molecular complexity index is 873. The Morgan fingerprint density at radius 2 is 1.68 bits per heavy atom. The molecule has 0 spiro atoms. The van der Waals surface area contributed by atoms with Crippen LogP contribution in [0.25, 0.3) is 0 Å².